The number of rotatable bonds is 14. The molecule has 4 heteroatoms. The zero-order valence-electron chi connectivity index (χ0n) is 14.5. The SMILES string of the molecule is CCCCCCCOCCC(C)(NCCC)C(=O)OCC. The quantitative estimate of drug-likeness (QED) is 0.393. The first-order valence-corrected chi connectivity index (χ1v) is 8.60. The molecule has 0 saturated carbocycles. The van der Waals surface area contributed by atoms with Gasteiger partial charge in [-0.15, -0.1) is 0 Å². The van der Waals surface area contributed by atoms with Crippen molar-refractivity contribution in [3.8, 4) is 0 Å². The van der Waals surface area contributed by atoms with Crippen LogP contribution in [0.25, 0.3) is 0 Å². The van der Waals surface area contributed by atoms with Crippen LogP contribution < -0.4 is 5.32 Å². The van der Waals surface area contributed by atoms with Gasteiger partial charge in [-0.25, -0.2) is 0 Å². The fourth-order valence-electron chi connectivity index (χ4n) is 2.14. The third-order valence-corrected chi connectivity index (χ3v) is 3.63. The van der Waals surface area contributed by atoms with E-state index in [0.717, 1.165) is 26.0 Å². The lowest BCUT2D eigenvalue weighted by atomic mass is 9.98. The second-order valence-electron chi connectivity index (χ2n) is 5.76. The zero-order valence-corrected chi connectivity index (χ0v) is 14.5. The van der Waals surface area contributed by atoms with Crippen molar-refractivity contribution < 1.29 is 14.3 Å². The Hall–Kier alpha value is -0.610. The van der Waals surface area contributed by atoms with Gasteiger partial charge in [0.15, 0.2) is 0 Å². The number of ether oxygens (including phenoxy) is 2. The van der Waals surface area contributed by atoms with E-state index in [9.17, 15) is 4.79 Å². The minimum absolute atomic E-state index is 0.176. The van der Waals surface area contributed by atoms with E-state index in [0.29, 0.717) is 19.6 Å². The molecule has 0 aliphatic heterocycles. The third-order valence-electron chi connectivity index (χ3n) is 3.63. The highest BCUT2D eigenvalue weighted by molar-refractivity contribution is 5.80. The van der Waals surface area contributed by atoms with Crippen molar-refractivity contribution in [2.45, 2.75) is 78.2 Å². The minimum Gasteiger partial charge on any atom is -0.465 e. The van der Waals surface area contributed by atoms with E-state index in [1.165, 1.54) is 25.7 Å². The van der Waals surface area contributed by atoms with Gasteiger partial charge in [0.05, 0.1) is 6.61 Å². The standard InChI is InChI=1S/C17H35NO3/c1-5-8-9-10-11-14-20-15-12-17(4,18-13-6-2)16(19)21-7-3/h18H,5-15H2,1-4H3. The summed E-state index contributed by atoms with van der Waals surface area (Å²) in [5.74, 6) is -0.176. The summed E-state index contributed by atoms with van der Waals surface area (Å²) in [6.07, 6.45) is 7.85. The van der Waals surface area contributed by atoms with Crippen LogP contribution in [0.2, 0.25) is 0 Å². The highest BCUT2D eigenvalue weighted by Gasteiger charge is 2.33. The lowest BCUT2D eigenvalue weighted by Crippen LogP contribution is -2.51. The smallest absolute Gasteiger partial charge is 0.326 e. The average molecular weight is 301 g/mol. The van der Waals surface area contributed by atoms with Gasteiger partial charge in [-0.2, -0.15) is 0 Å². The van der Waals surface area contributed by atoms with Crippen molar-refractivity contribution in [3.63, 3.8) is 0 Å². The van der Waals surface area contributed by atoms with Gasteiger partial charge in [-0.05, 0) is 39.7 Å². The molecule has 0 aliphatic carbocycles. The molecule has 0 aliphatic rings. The summed E-state index contributed by atoms with van der Waals surface area (Å²) in [5, 5.41) is 3.29. The Labute approximate surface area is 131 Å². The molecule has 4 nitrogen and oxygen atoms in total. The van der Waals surface area contributed by atoms with Gasteiger partial charge in [0.2, 0.25) is 0 Å². The first-order valence-electron chi connectivity index (χ1n) is 8.60. The van der Waals surface area contributed by atoms with Crippen molar-refractivity contribution >= 4 is 5.97 Å². The maximum Gasteiger partial charge on any atom is 0.326 e. The van der Waals surface area contributed by atoms with E-state index in [4.69, 9.17) is 9.47 Å². The van der Waals surface area contributed by atoms with E-state index in [2.05, 4.69) is 19.2 Å². The lowest BCUT2D eigenvalue weighted by Gasteiger charge is -2.28. The predicted molar refractivity (Wildman–Crippen MR) is 87.5 cm³/mol. The summed E-state index contributed by atoms with van der Waals surface area (Å²) in [7, 11) is 0. The molecule has 0 spiro atoms. The fraction of sp³-hybridized carbons (Fsp3) is 0.941. The molecular formula is C17H35NO3. The van der Waals surface area contributed by atoms with Gasteiger partial charge in [-0.1, -0.05) is 39.5 Å². The van der Waals surface area contributed by atoms with Crippen molar-refractivity contribution in [2.75, 3.05) is 26.4 Å². The van der Waals surface area contributed by atoms with Crippen LogP contribution in [0, 0.1) is 0 Å². The molecule has 0 saturated heterocycles. The van der Waals surface area contributed by atoms with Gasteiger partial charge in [0, 0.05) is 13.2 Å². The highest BCUT2D eigenvalue weighted by atomic mass is 16.5. The van der Waals surface area contributed by atoms with Crippen LogP contribution >= 0.6 is 0 Å². The average Bonchev–Trinajstić information content (AvgIpc) is 2.48. The summed E-state index contributed by atoms with van der Waals surface area (Å²) < 4.78 is 10.8. The Morgan fingerprint density at radius 3 is 2.33 bits per heavy atom. The Bertz CT molecular complexity index is 258. The second kappa shape index (κ2) is 13.1. The summed E-state index contributed by atoms with van der Waals surface area (Å²) >= 11 is 0. The Kier molecular flexibility index (Phi) is 12.7. The van der Waals surface area contributed by atoms with E-state index < -0.39 is 5.54 Å². The number of hydrogen-bond donors (Lipinski definition) is 1. The van der Waals surface area contributed by atoms with Crippen LogP contribution in [-0.2, 0) is 14.3 Å². The van der Waals surface area contributed by atoms with Crippen molar-refractivity contribution in [1.82, 2.24) is 5.32 Å². The van der Waals surface area contributed by atoms with Crippen LogP contribution in [-0.4, -0.2) is 37.9 Å². The number of nitrogens with one attached hydrogen (secondary N) is 1. The second-order valence-corrected chi connectivity index (χ2v) is 5.76. The first kappa shape index (κ1) is 20.4. The predicted octanol–water partition coefficient (Wildman–Crippen LogP) is 3.68. The maximum atomic E-state index is 12.1. The molecule has 0 fully saturated rings. The van der Waals surface area contributed by atoms with Crippen molar-refractivity contribution in [2.24, 2.45) is 0 Å². The molecule has 0 aromatic rings. The molecular weight excluding hydrogens is 266 g/mol. The molecule has 1 atom stereocenters. The summed E-state index contributed by atoms with van der Waals surface area (Å²) in [5.41, 5.74) is -0.631. The summed E-state index contributed by atoms with van der Waals surface area (Å²) in [4.78, 5) is 12.1. The molecule has 21 heavy (non-hydrogen) atoms. The van der Waals surface area contributed by atoms with Crippen LogP contribution in [0.3, 0.4) is 0 Å². The number of esters is 1. The molecule has 0 radical (unpaired) electrons. The molecule has 1 unspecified atom stereocenters. The topological polar surface area (TPSA) is 47.6 Å². The Balaban J connectivity index is 3.93. The molecule has 0 aromatic heterocycles. The molecule has 0 bridgehead atoms. The Morgan fingerprint density at radius 1 is 1.00 bits per heavy atom. The van der Waals surface area contributed by atoms with E-state index >= 15 is 0 Å². The normalized spacial score (nSPS) is 13.9. The molecule has 0 amide bonds. The summed E-state index contributed by atoms with van der Waals surface area (Å²) in [6.45, 7) is 10.7. The number of carbonyl (C=O) groups excluding carboxylic acids is 1. The van der Waals surface area contributed by atoms with Gasteiger partial charge in [0.1, 0.15) is 5.54 Å². The molecule has 126 valence electrons. The third kappa shape index (κ3) is 9.86. The van der Waals surface area contributed by atoms with E-state index in [1.807, 2.05) is 13.8 Å². The van der Waals surface area contributed by atoms with Crippen LogP contribution in [0.4, 0.5) is 0 Å². The van der Waals surface area contributed by atoms with Gasteiger partial charge in [0.25, 0.3) is 0 Å². The molecule has 0 aromatic carbocycles. The molecule has 1 N–H and O–H groups in total. The number of unbranched alkanes of at least 4 members (excludes halogenated alkanes) is 4. The lowest BCUT2D eigenvalue weighted by molar-refractivity contribution is -0.151. The van der Waals surface area contributed by atoms with Gasteiger partial charge in [-0.3, -0.25) is 4.79 Å². The molecule has 0 heterocycles. The minimum atomic E-state index is -0.631. The monoisotopic (exact) mass is 301 g/mol. The largest absolute Gasteiger partial charge is 0.465 e. The fourth-order valence-corrected chi connectivity index (χ4v) is 2.14. The highest BCUT2D eigenvalue weighted by Crippen LogP contribution is 2.13. The van der Waals surface area contributed by atoms with E-state index in [1.54, 1.807) is 0 Å². The van der Waals surface area contributed by atoms with Gasteiger partial charge < -0.3 is 14.8 Å². The first-order chi connectivity index (χ1) is 10.1. The van der Waals surface area contributed by atoms with Crippen molar-refractivity contribution in [3.05, 3.63) is 0 Å². The number of hydrogen-bond acceptors (Lipinski definition) is 4. The van der Waals surface area contributed by atoms with Crippen molar-refractivity contribution in [1.29, 1.82) is 0 Å². The number of carbonyl (C=O) groups is 1. The Morgan fingerprint density at radius 2 is 1.71 bits per heavy atom. The van der Waals surface area contributed by atoms with Gasteiger partial charge >= 0.3 is 5.97 Å². The van der Waals surface area contributed by atoms with Crippen LogP contribution in [0.5, 0.6) is 0 Å². The van der Waals surface area contributed by atoms with Crippen LogP contribution in [0.15, 0.2) is 0 Å². The maximum absolute atomic E-state index is 12.1. The summed E-state index contributed by atoms with van der Waals surface area (Å²) in [6, 6.07) is 0. The van der Waals surface area contributed by atoms with E-state index in [-0.39, 0.29) is 5.97 Å². The molecule has 0 rings (SSSR count). The zero-order chi connectivity index (χ0) is 16.0. The van der Waals surface area contributed by atoms with Crippen LogP contribution in [0.1, 0.15) is 72.6 Å².